The van der Waals surface area contributed by atoms with E-state index in [4.69, 9.17) is 4.74 Å². The smallest absolute Gasteiger partial charge is 0.224 e. The predicted octanol–water partition coefficient (Wildman–Crippen LogP) is 6.25. The van der Waals surface area contributed by atoms with Crippen molar-refractivity contribution in [1.29, 1.82) is 0 Å². The number of carbonyl (C=O) groups is 1. The normalized spacial score (nSPS) is 47.9. The van der Waals surface area contributed by atoms with Crippen molar-refractivity contribution in [3.05, 3.63) is 0 Å². The summed E-state index contributed by atoms with van der Waals surface area (Å²) in [7, 11) is 0. The Hall–Kier alpha value is -0.570. The van der Waals surface area contributed by atoms with Crippen LogP contribution in [0.3, 0.4) is 0 Å². The molecule has 0 aromatic heterocycles. The molecule has 0 spiro atoms. The Morgan fingerprint density at radius 2 is 1.06 bits per heavy atom. The van der Waals surface area contributed by atoms with Crippen LogP contribution in [-0.4, -0.2) is 24.2 Å². The number of ether oxygens (including phenoxy) is 1. The zero-order valence-electron chi connectivity index (χ0n) is 19.6. The second kappa shape index (κ2) is 8.99. The predicted molar refractivity (Wildman–Crippen MR) is 124 cm³/mol. The highest BCUT2D eigenvalue weighted by Crippen LogP contribution is 2.56. The van der Waals surface area contributed by atoms with Crippen molar-refractivity contribution in [3.8, 4) is 0 Å². The van der Waals surface area contributed by atoms with Crippen LogP contribution >= 0.6 is 0 Å². The van der Waals surface area contributed by atoms with Gasteiger partial charge in [-0.3, -0.25) is 4.79 Å². The van der Waals surface area contributed by atoms with E-state index < -0.39 is 0 Å². The third-order valence-electron chi connectivity index (χ3n) is 10.9. The first-order valence-electron chi connectivity index (χ1n) is 14.3. The summed E-state index contributed by atoms with van der Waals surface area (Å²) in [4.78, 5) is 13.9. The Kier molecular flexibility index (Phi) is 6.09. The van der Waals surface area contributed by atoms with Gasteiger partial charge in [-0.15, -0.1) is 0 Å². The van der Waals surface area contributed by atoms with E-state index in [2.05, 4.69) is 5.32 Å². The fourth-order valence-corrected chi connectivity index (χ4v) is 9.43. The van der Waals surface area contributed by atoms with Crippen LogP contribution in [0, 0.1) is 41.4 Å². The second-order valence-electron chi connectivity index (χ2n) is 12.3. The minimum Gasteiger partial charge on any atom is -0.374 e. The first kappa shape index (κ1) is 21.0. The lowest BCUT2D eigenvalue weighted by molar-refractivity contribution is -0.228. The fourth-order valence-electron chi connectivity index (χ4n) is 9.43. The van der Waals surface area contributed by atoms with Crippen LogP contribution in [0.5, 0.6) is 0 Å². The second-order valence-corrected chi connectivity index (χ2v) is 12.3. The summed E-state index contributed by atoms with van der Waals surface area (Å²) in [6.07, 6.45) is 23.4. The Morgan fingerprint density at radius 1 is 0.548 bits per heavy atom. The van der Waals surface area contributed by atoms with Gasteiger partial charge >= 0.3 is 0 Å². The van der Waals surface area contributed by atoms with E-state index in [1.54, 1.807) is 0 Å². The standard InChI is InChI=1S/C28H45NO2/c30-28(29-20-10-2-1-3-11-20)25-23-16-14-18-8-4-6-12-21(18)26(23)31-27-22-13-7-5-9-19(22)15-17-24(25)27/h18-27H,1-17H2,(H,29,30). The van der Waals surface area contributed by atoms with Crippen LogP contribution in [0.4, 0.5) is 0 Å². The molecule has 1 amide bonds. The first-order chi connectivity index (χ1) is 15.3. The zero-order valence-corrected chi connectivity index (χ0v) is 19.6. The van der Waals surface area contributed by atoms with Gasteiger partial charge in [-0.1, -0.05) is 57.8 Å². The van der Waals surface area contributed by atoms with Gasteiger partial charge in [0.25, 0.3) is 0 Å². The molecule has 8 atom stereocenters. The molecule has 1 aliphatic heterocycles. The van der Waals surface area contributed by atoms with Gasteiger partial charge in [0.1, 0.15) is 0 Å². The minimum atomic E-state index is 0.233. The third kappa shape index (κ3) is 3.89. The fraction of sp³-hybridized carbons (Fsp3) is 0.964. The van der Waals surface area contributed by atoms with Crippen LogP contribution in [0.15, 0.2) is 0 Å². The Bertz CT molecular complexity index is 605. The summed E-state index contributed by atoms with van der Waals surface area (Å²) >= 11 is 0. The maximum atomic E-state index is 13.9. The Labute approximate surface area is 189 Å². The van der Waals surface area contributed by atoms with Gasteiger partial charge in [-0.2, -0.15) is 0 Å². The number of hydrogen-bond donors (Lipinski definition) is 1. The molecule has 5 saturated carbocycles. The molecule has 1 saturated heterocycles. The first-order valence-corrected chi connectivity index (χ1v) is 14.3. The highest BCUT2D eigenvalue weighted by atomic mass is 16.5. The molecule has 8 unspecified atom stereocenters. The molecular formula is C28H45NO2. The zero-order chi connectivity index (χ0) is 20.8. The summed E-state index contributed by atoms with van der Waals surface area (Å²) in [6, 6.07) is 0.443. The maximum absolute atomic E-state index is 13.9. The van der Waals surface area contributed by atoms with E-state index in [9.17, 15) is 4.79 Å². The summed E-state index contributed by atoms with van der Waals surface area (Å²) in [6.45, 7) is 0. The molecule has 1 N–H and O–H groups in total. The van der Waals surface area contributed by atoms with E-state index in [0.717, 1.165) is 23.7 Å². The van der Waals surface area contributed by atoms with E-state index in [0.29, 0.717) is 36.0 Å². The van der Waals surface area contributed by atoms with Gasteiger partial charge in [0.15, 0.2) is 0 Å². The molecule has 6 aliphatic rings. The number of rotatable bonds is 2. The molecule has 3 heteroatoms. The van der Waals surface area contributed by atoms with Crippen molar-refractivity contribution in [2.75, 3.05) is 0 Å². The van der Waals surface area contributed by atoms with Crippen LogP contribution < -0.4 is 5.32 Å². The molecule has 6 fully saturated rings. The van der Waals surface area contributed by atoms with Crippen LogP contribution in [-0.2, 0) is 9.53 Å². The monoisotopic (exact) mass is 427 g/mol. The van der Waals surface area contributed by atoms with Crippen LogP contribution in [0.25, 0.3) is 0 Å². The van der Waals surface area contributed by atoms with Crippen molar-refractivity contribution in [1.82, 2.24) is 5.32 Å². The summed E-state index contributed by atoms with van der Waals surface area (Å²) in [5.41, 5.74) is 0. The van der Waals surface area contributed by atoms with Gasteiger partial charge in [-0.25, -0.2) is 0 Å². The average molecular weight is 428 g/mol. The number of nitrogens with one attached hydrogen (secondary N) is 1. The highest BCUT2D eigenvalue weighted by molar-refractivity contribution is 5.80. The molecule has 0 radical (unpaired) electrons. The van der Waals surface area contributed by atoms with Gasteiger partial charge in [0.05, 0.1) is 12.2 Å². The topological polar surface area (TPSA) is 38.3 Å². The van der Waals surface area contributed by atoms with Crippen LogP contribution in [0.1, 0.15) is 109 Å². The summed E-state index contributed by atoms with van der Waals surface area (Å²) < 4.78 is 7.22. The molecular weight excluding hydrogens is 382 g/mol. The SMILES string of the molecule is O=C(NC1CCCCC1)C1C2CCC3CCCCC3C2OC2C3CCCCC3CCC21. The number of hydrogen-bond acceptors (Lipinski definition) is 2. The third-order valence-corrected chi connectivity index (χ3v) is 10.9. The molecule has 0 bridgehead atoms. The van der Waals surface area contributed by atoms with Crippen molar-refractivity contribution < 1.29 is 9.53 Å². The van der Waals surface area contributed by atoms with E-state index >= 15 is 0 Å². The van der Waals surface area contributed by atoms with Gasteiger partial charge in [-0.05, 0) is 86.9 Å². The van der Waals surface area contributed by atoms with Crippen molar-refractivity contribution in [3.63, 3.8) is 0 Å². The maximum Gasteiger partial charge on any atom is 0.224 e. The molecule has 6 rings (SSSR count). The lowest BCUT2D eigenvalue weighted by Crippen LogP contribution is -2.62. The number of carbonyl (C=O) groups excluding carboxylic acids is 1. The largest absolute Gasteiger partial charge is 0.374 e. The van der Waals surface area contributed by atoms with E-state index in [1.165, 1.54) is 109 Å². The lowest BCUT2D eigenvalue weighted by Gasteiger charge is -2.58. The molecule has 0 aromatic rings. The molecule has 1 heterocycles. The molecule has 0 aromatic carbocycles. The molecule has 3 nitrogen and oxygen atoms in total. The molecule has 31 heavy (non-hydrogen) atoms. The van der Waals surface area contributed by atoms with Gasteiger partial charge in [0, 0.05) is 12.0 Å². The molecule has 174 valence electrons. The molecule has 5 aliphatic carbocycles. The summed E-state index contributed by atoms with van der Waals surface area (Å²) in [5, 5.41) is 3.60. The van der Waals surface area contributed by atoms with Crippen LogP contribution in [0.2, 0.25) is 0 Å². The van der Waals surface area contributed by atoms with Crippen molar-refractivity contribution >= 4 is 5.91 Å². The lowest BCUT2D eigenvalue weighted by atomic mass is 9.55. The number of amides is 1. The average Bonchev–Trinajstić information content (AvgIpc) is 2.83. The number of fused-ring (bicyclic) bond motifs is 6. The minimum absolute atomic E-state index is 0.233. The van der Waals surface area contributed by atoms with Crippen molar-refractivity contribution in [2.45, 2.75) is 127 Å². The van der Waals surface area contributed by atoms with Gasteiger partial charge < -0.3 is 10.1 Å². The highest BCUT2D eigenvalue weighted by Gasteiger charge is 2.57. The van der Waals surface area contributed by atoms with Gasteiger partial charge in [0.2, 0.25) is 5.91 Å². The Balaban J connectivity index is 1.28. The Morgan fingerprint density at radius 3 is 1.65 bits per heavy atom. The summed E-state index contributed by atoms with van der Waals surface area (Å²) in [5.74, 6) is 4.87. The van der Waals surface area contributed by atoms with E-state index in [1.807, 2.05) is 0 Å². The van der Waals surface area contributed by atoms with E-state index in [-0.39, 0.29) is 5.92 Å². The van der Waals surface area contributed by atoms with Crippen molar-refractivity contribution in [2.24, 2.45) is 41.4 Å². The quantitative estimate of drug-likeness (QED) is 0.565.